The number of aryl methyl sites for hydroxylation is 2. The van der Waals surface area contributed by atoms with Crippen LogP contribution >= 0.6 is 0 Å². The van der Waals surface area contributed by atoms with Crippen molar-refractivity contribution in [3.05, 3.63) is 74.8 Å². The van der Waals surface area contributed by atoms with Crippen LogP contribution in [0.3, 0.4) is 0 Å². The quantitative estimate of drug-likeness (QED) is 0.583. The van der Waals surface area contributed by atoms with Crippen LogP contribution in [0, 0.1) is 24.0 Å². The predicted octanol–water partition coefficient (Wildman–Crippen LogP) is 1.97. The molecule has 26 heavy (non-hydrogen) atoms. The molecule has 2 amide bonds. The Morgan fingerprint density at radius 2 is 1.85 bits per heavy atom. The number of nitrogens with zero attached hydrogens (tertiary/aromatic N) is 1. The molecule has 136 valence electrons. The largest absolute Gasteiger partial charge is 0.368 e. The second kappa shape index (κ2) is 8.24. The number of non-ortho nitro benzene ring substituents is 1. The lowest BCUT2D eigenvalue weighted by atomic mass is 10.0. The van der Waals surface area contributed by atoms with E-state index in [4.69, 9.17) is 5.73 Å². The Balaban J connectivity index is 2.05. The van der Waals surface area contributed by atoms with Crippen molar-refractivity contribution in [3.63, 3.8) is 0 Å². The summed E-state index contributed by atoms with van der Waals surface area (Å²) in [5, 5.41) is 13.4. The lowest BCUT2D eigenvalue weighted by molar-refractivity contribution is -0.384. The van der Waals surface area contributed by atoms with Crippen LogP contribution < -0.4 is 11.1 Å². The fraction of sp³-hybridized carbons (Fsp3) is 0.263. The van der Waals surface area contributed by atoms with E-state index in [1.807, 2.05) is 32.0 Å². The van der Waals surface area contributed by atoms with Gasteiger partial charge in [0.25, 0.3) is 5.69 Å². The van der Waals surface area contributed by atoms with Crippen LogP contribution in [0.5, 0.6) is 0 Å². The average Bonchev–Trinajstić information content (AvgIpc) is 2.57. The zero-order chi connectivity index (χ0) is 19.3. The summed E-state index contributed by atoms with van der Waals surface area (Å²) in [5.74, 6) is -1.05. The van der Waals surface area contributed by atoms with E-state index in [1.54, 1.807) is 6.07 Å². The summed E-state index contributed by atoms with van der Waals surface area (Å²) in [6.45, 7) is 3.96. The third-order valence-corrected chi connectivity index (χ3v) is 4.18. The average molecular weight is 355 g/mol. The summed E-state index contributed by atoms with van der Waals surface area (Å²) >= 11 is 0. The van der Waals surface area contributed by atoms with Gasteiger partial charge >= 0.3 is 0 Å². The number of benzene rings is 2. The minimum absolute atomic E-state index is 0.0710. The Kier molecular flexibility index (Phi) is 6.06. The molecular formula is C19H21N3O4. The molecule has 3 N–H and O–H groups in total. The Bertz CT molecular complexity index is 848. The Labute approximate surface area is 151 Å². The van der Waals surface area contributed by atoms with E-state index in [9.17, 15) is 19.7 Å². The third kappa shape index (κ3) is 5.14. The summed E-state index contributed by atoms with van der Waals surface area (Å²) < 4.78 is 0. The molecule has 0 aliphatic rings. The summed E-state index contributed by atoms with van der Waals surface area (Å²) in [6, 6.07) is 10.8. The SMILES string of the molecule is Cc1ccc(C[C@@H](NC(=O)Cc2cccc([N+](=O)[O-])c2)C(N)=O)cc1C. The van der Waals surface area contributed by atoms with Crippen molar-refractivity contribution >= 4 is 17.5 Å². The molecule has 0 aliphatic heterocycles. The number of hydrogen-bond acceptors (Lipinski definition) is 4. The van der Waals surface area contributed by atoms with Gasteiger partial charge in [-0.15, -0.1) is 0 Å². The van der Waals surface area contributed by atoms with Crippen LogP contribution in [0.25, 0.3) is 0 Å². The standard InChI is InChI=1S/C19H21N3O4/c1-12-6-7-15(8-13(12)2)10-17(19(20)24)21-18(23)11-14-4-3-5-16(9-14)22(25)26/h3-9,17H,10-11H2,1-2H3,(H2,20,24)(H,21,23)/t17-/m1/s1. The normalized spacial score (nSPS) is 11.6. The Morgan fingerprint density at radius 1 is 1.12 bits per heavy atom. The zero-order valence-electron chi connectivity index (χ0n) is 14.7. The number of nitrogens with two attached hydrogens (primary N) is 1. The molecule has 0 aromatic heterocycles. The van der Waals surface area contributed by atoms with Gasteiger partial charge in [0.15, 0.2) is 0 Å². The second-order valence-corrected chi connectivity index (χ2v) is 6.25. The fourth-order valence-electron chi connectivity index (χ4n) is 2.60. The first-order chi connectivity index (χ1) is 12.3. The van der Waals surface area contributed by atoms with E-state index in [0.717, 1.165) is 16.7 Å². The number of amides is 2. The first-order valence-corrected chi connectivity index (χ1v) is 8.14. The van der Waals surface area contributed by atoms with Crippen molar-refractivity contribution in [1.82, 2.24) is 5.32 Å². The molecule has 0 saturated carbocycles. The van der Waals surface area contributed by atoms with Crippen molar-refractivity contribution in [2.45, 2.75) is 32.7 Å². The first-order valence-electron chi connectivity index (χ1n) is 8.14. The molecule has 2 aromatic carbocycles. The van der Waals surface area contributed by atoms with Gasteiger partial charge in [-0.25, -0.2) is 0 Å². The zero-order valence-corrected chi connectivity index (χ0v) is 14.7. The van der Waals surface area contributed by atoms with Crippen LogP contribution in [-0.4, -0.2) is 22.8 Å². The topological polar surface area (TPSA) is 115 Å². The molecule has 0 saturated heterocycles. The van der Waals surface area contributed by atoms with Gasteiger partial charge in [0.05, 0.1) is 11.3 Å². The highest BCUT2D eigenvalue weighted by Gasteiger charge is 2.19. The molecule has 7 nitrogen and oxygen atoms in total. The highest BCUT2D eigenvalue weighted by Crippen LogP contribution is 2.14. The predicted molar refractivity (Wildman–Crippen MR) is 97.5 cm³/mol. The summed E-state index contributed by atoms with van der Waals surface area (Å²) in [5.41, 5.74) is 8.95. The van der Waals surface area contributed by atoms with Crippen molar-refractivity contribution in [2.75, 3.05) is 0 Å². The lowest BCUT2D eigenvalue weighted by Crippen LogP contribution is -2.46. The minimum Gasteiger partial charge on any atom is -0.368 e. The maximum atomic E-state index is 12.2. The summed E-state index contributed by atoms with van der Waals surface area (Å²) in [4.78, 5) is 34.2. The highest BCUT2D eigenvalue weighted by atomic mass is 16.6. The van der Waals surface area contributed by atoms with E-state index in [-0.39, 0.29) is 18.5 Å². The van der Waals surface area contributed by atoms with Gasteiger partial charge in [-0.1, -0.05) is 30.3 Å². The van der Waals surface area contributed by atoms with Crippen molar-refractivity contribution < 1.29 is 14.5 Å². The maximum Gasteiger partial charge on any atom is 0.269 e. The first kappa shape index (κ1) is 19.1. The molecule has 0 aliphatic carbocycles. The molecular weight excluding hydrogens is 334 g/mol. The number of nitrogens with one attached hydrogen (secondary N) is 1. The molecule has 0 bridgehead atoms. The van der Waals surface area contributed by atoms with Gasteiger partial charge in [-0.2, -0.15) is 0 Å². The van der Waals surface area contributed by atoms with Gasteiger partial charge in [-0.05, 0) is 36.1 Å². The maximum absolute atomic E-state index is 12.2. The van der Waals surface area contributed by atoms with E-state index >= 15 is 0 Å². The number of nitro groups is 1. The smallest absolute Gasteiger partial charge is 0.269 e. The van der Waals surface area contributed by atoms with E-state index in [2.05, 4.69) is 5.32 Å². The Hall–Kier alpha value is -3.22. The number of primary amides is 1. The number of hydrogen-bond donors (Lipinski definition) is 2. The van der Waals surface area contributed by atoms with Gasteiger partial charge in [0.1, 0.15) is 6.04 Å². The molecule has 2 rings (SSSR count). The highest BCUT2D eigenvalue weighted by molar-refractivity contribution is 5.87. The molecule has 2 aromatic rings. The minimum atomic E-state index is -0.844. The second-order valence-electron chi connectivity index (χ2n) is 6.25. The van der Waals surface area contributed by atoms with E-state index in [0.29, 0.717) is 5.56 Å². The Morgan fingerprint density at radius 3 is 2.46 bits per heavy atom. The van der Waals surface area contributed by atoms with Crippen LogP contribution in [0.15, 0.2) is 42.5 Å². The number of rotatable bonds is 7. The van der Waals surface area contributed by atoms with Gasteiger partial charge in [0.2, 0.25) is 11.8 Å². The lowest BCUT2D eigenvalue weighted by Gasteiger charge is -2.16. The van der Waals surface area contributed by atoms with Crippen molar-refractivity contribution in [1.29, 1.82) is 0 Å². The molecule has 0 spiro atoms. The number of nitro benzene ring substituents is 1. The fourth-order valence-corrected chi connectivity index (χ4v) is 2.60. The molecule has 0 radical (unpaired) electrons. The third-order valence-electron chi connectivity index (χ3n) is 4.18. The molecule has 0 unspecified atom stereocenters. The van der Waals surface area contributed by atoms with Crippen LogP contribution in [0.4, 0.5) is 5.69 Å². The van der Waals surface area contributed by atoms with Crippen LogP contribution in [0.2, 0.25) is 0 Å². The van der Waals surface area contributed by atoms with E-state index < -0.39 is 22.8 Å². The monoisotopic (exact) mass is 355 g/mol. The van der Waals surface area contributed by atoms with Gasteiger partial charge < -0.3 is 11.1 Å². The van der Waals surface area contributed by atoms with Crippen molar-refractivity contribution in [2.24, 2.45) is 5.73 Å². The number of carbonyl (C=O) groups excluding carboxylic acids is 2. The summed E-state index contributed by atoms with van der Waals surface area (Å²) in [6.07, 6.45) is 0.218. The molecule has 0 fully saturated rings. The summed E-state index contributed by atoms with van der Waals surface area (Å²) in [7, 11) is 0. The molecule has 1 atom stereocenters. The van der Waals surface area contributed by atoms with Crippen molar-refractivity contribution in [3.8, 4) is 0 Å². The molecule has 0 heterocycles. The van der Waals surface area contributed by atoms with Gasteiger partial charge in [0, 0.05) is 18.6 Å². The van der Waals surface area contributed by atoms with Crippen LogP contribution in [0.1, 0.15) is 22.3 Å². The van der Waals surface area contributed by atoms with Gasteiger partial charge in [-0.3, -0.25) is 19.7 Å². The molecule has 7 heteroatoms. The van der Waals surface area contributed by atoms with E-state index in [1.165, 1.54) is 18.2 Å². The number of carbonyl (C=O) groups is 2. The van der Waals surface area contributed by atoms with Crippen LogP contribution in [-0.2, 0) is 22.4 Å².